The van der Waals surface area contributed by atoms with Crippen molar-refractivity contribution in [2.45, 2.75) is 25.5 Å². The summed E-state index contributed by atoms with van der Waals surface area (Å²) in [7, 11) is 1.60. The minimum atomic E-state index is -0.360. The van der Waals surface area contributed by atoms with Crippen molar-refractivity contribution >= 4 is 5.91 Å². The predicted molar refractivity (Wildman–Crippen MR) is 77.1 cm³/mol. The molecule has 1 aliphatic rings. The highest BCUT2D eigenvalue weighted by molar-refractivity contribution is 5.80. The number of benzene rings is 1. The molecule has 1 aromatic heterocycles. The maximum atomic E-state index is 11.8. The van der Waals surface area contributed by atoms with Crippen LogP contribution in [0.4, 0.5) is 0 Å². The van der Waals surface area contributed by atoms with Gasteiger partial charge in [-0.1, -0.05) is 17.3 Å². The molecule has 116 valence electrons. The van der Waals surface area contributed by atoms with Gasteiger partial charge >= 0.3 is 0 Å². The van der Waals surface area contributed by atoms with Crippen LogP contribution in [-0.2, 0) is 16.1 Å². The van der Waals surface area contributed by atoms with E-state index in [1.807, 2.05) is 24.3 Å². The van der Waals surface area contributed by atoms with E-state index in [4.69, 9.17) is 14.0 Å². The molecule has 3 rings (SSSR count). The standard InChI is InChI=1S/C15H17N3O4/c1-20-11-5-2-4-10(8-11)14-17-13(22-18-14)9-16-15(19)12-6-3-7-21-12/h2,4-5,8,12H,3,6-7,9H2,1H3,(H,16,19). The molecule has 7 heteroatoms. The topological polar surface area (TPSA) is 86.5 Å². The largest absolute Gasteiger partial charge is 0.497 e. The highest BCUT2D eigenvalue weighted by Crippen LogP contribution is 2.21. The molecular weight excluding hydrogens is 286 g/mol. The number of carbonyl (C=O) groups excluding carboxylic acids is 1. The summed E-state index contributed by atoms with van der Waals surface area (Å²) in [5, 5.41) is 6.66. The normalized spacial score (nSPS) is 17.4. The molecule has 1 N–H and O–H groups in total. The van der Waals surface area contributed by atoms with Crippen molar-refractivity contribution in [2.75, 3.05) is 13.7 Å². The monoisotopic (exact) mass is 303 g/mol. The quantitative estimate of drug-likeness (QED) is 0.901. The van der Waals surface area contributed by atoms with E-state index in [-0.39, 0.29) is 18.6 Å². The average Bonchev–Trinajstić information content (AvgIpc) is 3.24. The molecule has 0 spiro atoms. The Balaban J connectivity index is 1.62. The lowest BCUT2D eigenvalue weighted by molar-refractivity contribution is -0.130. The minimum absolute atomic E-state index is 0.140. The molecule has 1 unspecified atom stereocenters. The van der Waals surface area contributed by atoms with Crippen molar-refractivity contribution in [1.29, 1.82) is 0 Å². The van der Waals surface area contributed by atoms with E-state index in [1.54, 1.807) is 7.11 Å². The number of rotatable bonds is 5. The number of methoxy groups -OCH3 is 1. The zero-order valence-electron chi connectivity index (χ0n) is 12.2. The zero-order valence-corrected chi connectivity index (χ0v) is 12.2. The maximum Gasteiger partial charge on any atom is 0.249 e. The maximum absolute atomic E-state index is 11.8. The Morgan fingerprint density at radius 2 is 2.41 bits per heavy atom. The van der Waals surface area contributed by atoms with Crippen molar-refractivity contribution in [2.24, 2.45) is 0 Å². The summed E-state index contributed by atoms with van der Waals surface area (Å²) in [4.78, 5) is 16.1. The minimum Gasteiger partial charge on any atom is -0.497 e. The molecule has 1 aromatic carbocycles. The van der Waals surface area contributed by atoms with Gasteiger partial charge in [-0.05, 0) is 25.0 Å². The summed E-state index contributed by atoms with van der Waals surface area (Å²) in [6.45, 7) is 0.828. The Labute approximate surface area is 127 Å². The number of nitrogens with one attached hydrogen (secondary N) is 1. The Kier molecular flexibility index (Phi) is 4.34. The van der Waals surface area contributed by atoms with Gasteiger partial charge in [-0.15, -0.1) is 0 Å². The molecule has 1 saturated heterocycles. The van der Waals surface area contributed by atoms with Gasteiger partial charge in [0.1, 0.15) is 11.9 Å². The summed E-state index contributed by atoms with van der Waals surface area (Å²) < 4.78 is 15.6. The highest BCUT2D eigenvalue weighted by Gasteiger charge is 2.23. The van der Waals surface area contributed by atoms with E-state index < -0.39 is 0 Å². The van der Waals surface area contributed by atoms with Crippen molar-refractivity contribution in [3.05, 3.63) is 30.2 Å². The van der Waals surface area contributed by atoms with Gasteiger partial charge in [0.2, 0.25) is 17.6 Å². The summed E-state index contributed by atoms with van der Waals surface area (Å²) in [5.74, 6) is 1.39. The third kappa shape index (κ3) is 3.25. The number of amides is 1. The van der Waals surface area contributed by atoms with Crippen molar-refractivity contribution < 1.29 is 18.8 Å². The van der Waals surface area contributed by atoms with Gasteiger partial charge < -0.3 is 19.3 Å². The molecule has 1 aliphatic heterocycles. The lowest BCUT2D eigenvalue weighted by Gasteiger charge is -2.08. The molecule has 0 radical (unpaired) electrons. The van der Waals surface area contributed by atoms with Gasteiger partial charge in [0.05, 0.1) is 13.7 Å². The van der Waals surface area contributed by atoms with Gasteiger partial charge in [-0.3, -0.25) is 4.79 Å². The number of nitrogens with zero attached hydrogens (tertiary/aromatic N) is 2. The predicted octanol–water partition coefficient (Wildman–Crippen LogP) is 1.54. The smallest absolute Gasteiger partial charge is 0.249 e. The van der Waals surface area contributed by atoms with Crippen LogP contribution in [0.3, 0.4) is 0 Å². The molecule has 1 amide bonds. The van der Waals surface area contributed by atoms with Crippen LogP contribution in [0.2, 0.25) is 0 Å². The van der Waals surface area contributed by atoms with Crippen LogP contribution in [0.1, 0.15) is 18.7 Å². The van der Waals surface area contributed by atoms with Crippen molar-refractivity contribution in [3.8, 4) is 17.1 Å². The van der Waals surface area contributed by atoms with E-state index in [9.17, 15) is 4.79 Å². The van der Waals surface area contributed by atoms with Gasteiger partial charge in [0.15, 0.2) is 0 Å². The molecule has 2 aromatic rings. The van der Waals surface area contributed by atoms with Gasteiger partial charge in [-0.2, -0.15) is 4.98 Å². The average molecular weight is 303 g/mol. The third-order valence-corrected chi connectivity index (χ3v) is 3.43. The Morgan fingerprint density at radius 3 is 3.18 bits per heavy atom. The molecule has 1 atom stereocenters. The van der Waals surface area contributed by atoms with Crippen LogP contribution < -0.4 is 10.1 Å². The first kappa shape index (κ1) is 14.5. The molecule has 1 fully saturated rings. The Bertz CT molecular complexity index is 650. The summed E-state index contributed by atoms with van der Waals surface area (Å²) in [5.41, 5.74) is 0.791. The van der Waals surface area contributed by atoms with Crippen molar-refractivity contribution in [1.82, 2.24) is 15.5 Å². The lowest BCUT2D eigenvalue weighted by atomic mass is 10.2. The van der Waals surface area contributed by atoms with E-state index >= 15 is 0 Å². The second-order valence-corrected chi connectivity index (χ2v) is 4.96. The first-order chi connectivity index (χ1) is 10.8. The van der Waals surface area contributed by atoms with Gasteiger partial charge in [0.25, 0.3) is 0 Å². The first-order valence-corrected chi connectivity index (χ1v) is 7.12. The zero-order chi connectivity index (χ0) is 15.4. The molecule has 22 heavy (non-hydrogen) atoms. The fourth-order valence-corrected chi connectivity index (χ4v) is 2.27. The third-order valence-electron chi connectivity index (χ3n) is 3.43. The van der Waals surface area contributed by atoms with Crippen LogP contribution in [0.15, 0.2) is 28.8 Å². The van der Waals surface area contributed by atoms with E-state index in [0.29, 0.717) is 18.3 Å². The first-order valence-electron chi connectivity index (χ1n) is 7.12. The number of aromatic nitrogens is 2. The SMILES string of the molecule is COc1cccc(-c2noc(CNC(=O)C3CCCO3)n2)c1. The van der Waals surface area contributed by atoms with E-state index in [1.165, 1.54) is 0 Å². The molecule has 0 saturated carbocycles. The Morgan fingerprint density at radius 1 is 1.50 bits per heavy atom. The fraction of sp³-hybridized carbons (Fsp3) is 0.400. The summed E-state index contributed by atoms with van der Waals surface area (Å²) >= 11 is 0. The molecule has 0 bridgehead atoms. The van der Waals surface area contributed by atoms with E-state index in [0.717, 1.165) is 24.2 Å². The van der Waals surface area contributed by atoms with Crippen LogP contribution in [0, 0.1) is 0 Å². The van der Waals surface area contributed by atoms with Crippen LogP contribution in [0.25, 0.3) is 11.4 Å². The van der Waals surface area contributed by atoms with Gasteiger partial charge in [0, 0.05) is 12.2 Å². The van der Waals surface area contributed by atoms with Crippen molar-refractivity contribution in [3.63, 3.8) is 0 Å². The Hall–Kier alpha value is -2.41. The molecule has 0 aliphatic carbocycles. The van der Waals surface area contributed by atoms with Crippen LogP contribution in [-0.4, -0.2) is 35.9 Å². The number of hydrogen-bond donors (Lipinski definition) is 1. The second kappa shape index (κ2) is 6.57. The fourth-order valence-electron chi connectivity index (χ4n) is 2.27. The van der Waals surface area contributed by atoms with Crippen LogP contribution in [0.5, 0.6) is 5.75 Å². The highest BCUT2D eigenvalue weighted by atomic mass is 16.5. The van der Waals surface area contributed by atoms with Gasteiger partial charge in [-0.25, -0.2) is 0 Å². The molecule has 7 nitrogen and oxygen atoms in total. The number of carbonyl (C=O) groups is 1. The second-order valence-electron chi connectivity index (χ2n) is 4.96. The lowest BCUT2D eigenvalue weighted by Crippen LogP contribution is -2.33. The van der Waals surface area contributed by atoms with E-state index in [2.05, 4.69) is 15.5 Å². The molecule has 2 heterocycles. The van der Waals surface area contributed by atoms with Crippen LogP contribution >= 0.6 is 0 Å². The summed E-state index contributed by atoms with van der Waals surface area (Å²) in [6.07, 6.45) is 1.31. The molecular formula is C15H17N3O4. The number of ether oxygens (including phenoxy) is 2. The summed E-state index contributed by atoms with van der Waals surface area (Å²) in [6, 6.07) is 7.37. The number of hydrogen-bond acceptors (Lipinski definition) is 6.